The fraction of sp³-hybridized carbons (Fsp3) is 0.750. The predicted octanol–water partition coefficient (Wildman–Crippen LogP) is -0.118. The number of carboxylic acid groups (broad SMARTS) is 1. The second-order valence-corrected chi connectivity index (χ2v) is 5.46. The van der Waals surface area contributed by atoms with Crippen molar-refractivity contribution in [3.63, 3.8) is 0 Å². The third kappa shape index (κ3) is 7.40. The minimum Gasteiger partial charge on any atom is -0.481 e. The second kappa shape index (κ2) is 7.08. The lowest BCUT2D eigenvalue weighted by molar-refractivity contribution is -0.154. The SMILES string of the molecule is C[C@@H](COC(=O)C(C)(C)C)NC(=O)[C@H](N)CC(=O)O. The maximum atomic E-state index is 11.5. The van der Waals surface area contributed by atoms with E-state index in [1.165, 1.54) is 0 Å². The predicted molar refractivity (Wildman–Crippen MR) is 68.2 cm³/mol. The van der Waals surface area contributed by atoms with Crippen molar-refractivity contribution in [3.8, 4) is 0 Å². The first-order chi connectivity index (χ1) is 8.54. The molecule has 0 radical (unpaired) electrons. The minimum absolute atomic E-state index is 0.0155. The van der Waals surface area contributed by atoms with E-state index in [0.29, 0.717) is 0 Å². The smallest absolute Gasteiger partial charge is 0.311 e. The Labute approximate surface area is 112 Å². The van der Waals surface area contributed by atoms with Crippen LogP contribution in [0.1, 0.15) is 34.1 Å². The number of esters is 1. The number of carboxylic acids is 1. The highest BCUT2D eigenvalue weighted by molar-refractivity contribution is 5.86. The summed E-state index contributed by atoms with van der Waals surface area (Å²) in [7, 11) is 0. The van der Waals surface area contributed by atoms with Crippen molar-refractivity contribution in [2.75, 3.05) is 6.61 Å². The minimum atomic E-state index is -1.14. The Bertz CT molecular complexity index is 349. The van der Waals surface area contributed by atoms with Gasteiger partial charge >= 0.3 is 11.9 Å². The second-order valence-electron chi connectivity index (χ2n) is 5.46. The van der Waals surface area contributed by atoms with Gasteiger partial charge in [0, 0.05) is 0 Å². The Balaban J connectivity index is 4.11. The van der Waals surface area contributed by atoms with Crippen LogP contribution in [0.25, 0.3) is 0 Å². The van der Waals surface area contributed by atoms with E-state index in [-0.39, 0.29) is 12.6 Å². The Hall–Kier alpha value is -1.63. The molecule has 2 atom stereocenters. The zero-order valence-electron chi connectivity index (χ0n) is 11.7. The molecular weight excluding hydrogens is 252 g/mol. The van der Waals surface area contributed by atoms with Gasteiger partial charge in [-0.05, 0) is 27.7 Å². The normalized spacial score (nSPS) is 14.4. The fourth-order valence-electron chi connectivity index (χ4n) is 1.09. The summed E-state index contributed by atoms with van der Waals surface area (Å²) < 4.78 is 5.02. The van der Waals surface area contributed by atoms with Crippen molar-refractivity contribution in [1.82, 2.24) is 5.32 Å². The molecule has 0 rings (SSSR count). The topological polar surface area (TPSA) is 119 Å². The molecule has 0 aliphatic carbocycles. The van der Waals surface area contributed by atoms with E-state index in [1.54, 1.807) is 27.7 Å². The van der Waals surface area contributed by atoms with Gasteiger partial charge in [0.2, 0.25) is 5.91 Å². The van der Waals surface area contributed by atoms with Crippen molar-refractivity contribution in [1.29, 1.82) is 0 Å². The molecule has 7 nitrogen and oxygen atoms in total. The van der Waals surface area contributed by atoms with E-state index in [4.69, 9.17) is 15.6 Å². The average Bonchev–Trinajstić information content (AvgIpc) is 2.23. The Morgan fingerprint density at radius 2 is 1.84 bits per heavy atom. The van der Waals surface area contributed by atoms with Crippen LogP contribution in [0, 0.1) is 5.41 Å². The van der Waals surface area contributed by atoms with Crippen LogP contribution < -0.4 is 11.1 Å². The number of amides is 1. The molecule has 0 aliphatic rings. The van der Waals surface area contributed by atoms with Crippen LogP contribution in [-0.2, 0) is 19.1 Å². The number of nitrogens with one attached hydrogen (secondary N) is 1. The van der Waals surface area contributed by atoms with Gasteiger partial charge in [0.05, 0.1) is 23.9 Å². The number of hydrogen-bond acceptors (Lipinski definition) is 5. The summed E-state index contributed by atoms with van der Waals surface area (Å²) >= 11 is 0. The molecule has 0 saturated heterocycles. The molecule has 0 unspecified atom stereocenters. The number of carbonyl (C=O) groups is 3. The molecule has 0 fully saturated rings. The highest BCUT2D eigenvalue weighted by atomic mass is 16.5. The molecule has 110 valence electrons. The van der Waals surface area contributed by atoms with Crippen LogP contribution in [0.5, 0.6) is 0 Å². The van der Waals surface area contributed by atoms with E-state index in [2.05, 4.69) is 5.32 Å². The van der Waals surface area contributed by atoms with Crippen LogP contribution in [0.2, 0.25) is 0 Å². The molecule has 1 amide bonds. The molecule has 0 bridgehead atoms. The van der Waals surface area contributed by atoms with E-state index in [9.17, 15) is 14.4 Å². The lowest BCUT2D eigenvalue weighted by Crippen LogP contribution is -2.47. The van der Waals surface area contributed by atoms with Gasteiger partial charge in [-0.1, -0.05) is 0 Å². The molecule has 19 heavy (non-hydrogen) atoms. The molecule has 0 saturated carbocycles. The third-order valence-electron chi connectivity index (χ3n) is 2.20. The summed E-state index contributed by atoms with van der Waals surface area (Å²) in [6.45, 7) is 6.83. The van der Waals surface area contributed by atoms with E-state index >= 15 is 0 Å². The van der Waals surface area contributed by atoms with Crippen LogP contribution >= 0.6 is 0 Å². The van der Waals surface area contributed by atoms with E-state index in [1.807, 2.05) is 0 Å². The number of rotatable bonds is 6. The average molecular weight is 274 g/mol. The molecule has 0 heterocycles. The maximum Gasteiger partial charge on any atom is 0.311 e. The van der Waals surface area contributed by atoms with Gasteiger partial charge in [0.15, 0.2) is 0 Å². The van der Waals surface area contributed by atoms with Crippen LogP contribution in [-0.4, -0.2) is 41.6 Å². The van der Waals surface area contributed by atoms with E-state index in [0.717, 1.165) is 0 Å². The lowest BCUT2D eigenvalue weighted by Gasteiger charge is -2.20. The number of aliphatic carboxylic acids is 1. The first-order valence-corrected chi connectivity index (χ1v) is 5.99. The standard InChI is InChI=1S/C12H22N2O5/c1-7(6-19-11(18)12(2,3)4)14-10(17)8(13)5-9(15)16/h7-8H,5-6,13H2,1-4H3,(H,14,17)(H,15,16)/t7-,8+/m0/s1. The summed E-state index contributed by atoms with van der Waals surface area (Å²) in [5.74, 6) is -2.10. The quantitative estimate of drug-likeness (QED) is 0.581. The number of ether oxygens (including phenoxy) is 1. The Kier molecular flexibility index (Phi) is 6.47. The number of nitrogens with two attached hydrogens (primary N) is 1. The van der Waals surface area contributed by atoms with Gasteiger partial charge < -0.3 is 20.9 Å². The fourth-order valence-corrected chi connectivity index (χ4v) is 1.09. The van der Waals surface area contributed by atoms with E-state index < -0.39 is 35.8 Å². The molecule has 0 spiro atoms. The zero-order chi connectivity index (χ0) is 15.2. The summed E-state index contributed by atoms with van der Waals surface area (Å²) in [6.07, 6.45) is -0.444. The summed E-state index contributed by atoms with van der Waals surface area (Å²) in [5, 5.41) is 11.0. The highest BCUT2D eigenvalue weighted by Gasteiger charge is 2.24. The van der Waals surface area contributed by atoms with Crippen molar-refractivity contribution in [3.05, 3.63) is 0 Å². The van der Waals surface area contributed by atoms with Gasteiger partial charge in [-0.15, -0.1) is 0 Å². The Morgan fingerprint density at radius 3 is 2.26 bits per heavy atom. The number of carbonyl (C=O) groups excluding carboxylic acids is 2. The van der Waals surface area contributed by atoms with Crippen molar-refractivity contribution < 1.29 is 24.2 Å². The first-order valence-electron chi connectivity index (χ1n) is 5.99. The largest absolute Gasteiger partial charge is 0.481 e. The summed E-state index contributed by atoms with van der Waals surface area (Å²) in [6, 6.07) is -1.54. The lowest BCUT2D eigenvalue weighted by atomic mass is 9.97. The van der Waals surface area contributed by atoms with Crippen molar-refractivity contribution in [2.45, 2.75) is 46.2 Å². The molecular formula is C12H22N2O5. The van der Waals surface area contributed by atoms with Gasteiger partial charge in [-0.2, -0.15) is 0 Å². The molecule has 0 aliphatic heterocycles. The molecule has 4 N–H and O–H groups in total. The summed E-state index contributed by atoms with van der Waals surface area (Å²) in [5.41, 5.74) is 4.78. The molecule has 0 aromatic heterocycles. The Morgan fingerprint density at radius 1 is 1.32 bits per heavy atom. The van der Waals surface area contributed by atoms with Crippen LogP contribution in [0.15, 0.2) is 0 Å². The monoisotopic (exact) mass is 274 g/mol. The number of hydrogen-bond donors (Lipinski definition) is 3. The highest BCUT2D eigenvalue weighted by Crippen LogP contribution is 2.15. The third-order valence-corrected chi connectivity index (χ3v) is 2.20. The maximum absolute atomic E-state index is 11.5. The van der Waals surface area contributed by atoms with Crippen molar-refractivity contribution in [2.24, 2.45) is 11.1 Å². The first kappa shape index (κ1) is 17.4. The van der Waals surface area contributed by atoms with Gasteiger partial charge in [-0.25, -0.2) is 0 Å². The zero-order valence-corrected chi connectivity index (χ0v) is 11.7. The molecule has 7 heteroatoms. The van der Waals surface area contributed by atoms with Crippen LogP contribution in [0.4, 0.5) is 0 Å². The van der Waals surface area contributed by atoms with Gasteiger partial charge in [-0.3, -0.25) is 14.4 Å². The van der Waals surface area contributed by atoms with Crippen molar-refractivity contribution >= 4 is 17.8 Å². The molecule has 0 aromatic carbocycles. The van der Waals surface area contributed by atoms with Crippen LogP contribution in [0.3, 0.4) is 0 Å². The van der Waals surface area contributed by atoms with Gasteiger partial charge in [0.25, 0.3) is 0 Å². The van der Waals surface area contributed by atoms with Gasteiger partial charge in [0.1, 0.15) is 6.61 Å². The summed E-state index contributed by atoms with van der Waals surface area (Å²) in [4.78, 5) is 33.4. The molecule has 0 aromatic rings.